The van der Waals surface area contributed by atoms with Gasteiger partial charge in [-0.25, -0.2) is 0 Å². The fourth-order valence-corrected chi connectivity index (χ4v) is 4.00. The van der Waals surface area contributed by atoms with Crippen molar-refractivity contribution in [2.24, 2.45) is 0 Å². The first-order valence-corrected chi connectivity index (χ1v) is 6.75. The third-order valence-corrected chi connectivity index (χ3v) is 4.73. The predicted octanol–water partition coefficient (Wildman–Crippen LogP) is 4.42. The average Bonchev–Trinajstić information content (AvgIpc) is 2.43. The van der Waals surface area contributed by atoms with Crippen LogP contribution < -0.4 is 0 Å². The lowest BCUT2D eigenvalue weighted by atomic mass is 9.63. The summed E-state index contributed by atoms with van der Waals surface area (Å²) in [5.41, 5.74) is 5.00. The van der Waals surface area contributed by atoms with Crippen LogP contribution >= 0.6 is 11.6 Å². The first kappa shape index (κ1) is 10.5. The maximum atomic E-state index is 10.2. The van der Waals surface area contributed by atoms with E-state index in [0.29, 0.717) is 17.6 Å². The van der Waals surface area contributed by atoms with Gasteiger partial charge < -0.3 is 5.11 Å². The van der Waals surface area contributed by atoms with Crippen molar-refractivity contribution in [1.82, 2.24) is 0 Å². The van der Waals surface area contributed by atoms with Crippen LogP contribution in [0.5, 0.6) is 5.75 Å². The molecule has 18 heavy (non-hydrogen) atoms. The Balaban J connectivity index is 2.07. The van der Waals surface area contributed by atoms with Gasteiger partial charge in [0.2, 0.25) is 0 Å². The van der Waals surface area contributed by atoms with Gasteiger partial charge in [0.05, 0.1) is 0 Å². The van der Waals surface area contributed by atoms with Crippen LogP contribution in [0.3, 0.4) is 0 Å². The van der Waals surface area contributed by atoms with Crippen LogP contribution in [-0.2, 0) is 0 Å². The third-order valence-electron chi connectivity index (χ3n) is 4.40. The summed E-state index contributed by atoms with van der Waals surface area (Å²) in [4.78, 5) is 0. The molecule has 5 rings (SSSR count). The van der Waals surface area contributed by atoms with Crippen molar-refractivity contribution in [3.05, 3.63) is 63.7 Å². The Labute approximate surface area is 111 Å². The van der Waals surface area contributed by atoms with E-state index in [4.69, 9.17) is 11.6 Å². The van der Waals surface area contributed by atoms with Crippen molar-refractivity contribution in [2.45, 2.75) is 24.7 Å². The Morgan fingerprint density at radius 1 is 0.889 bits per heavy atom. The summed E-state index contributed by atoms with van der Waals surface area (Å²) < 4.78 is 0. The predicted molar refractivity (Wildman–Crippen MR) is 72.5 cm³/mol. The molecule has 2 aromatic carbocycles. The Hall–Kier alpha value is -1.47. The van der Waals surface area contributed by atoms with Gasteiger partial charge in [0.25, 0.3) is 0 Å². The van der Waals surface area contributed by atoms with Crippen molar-refractivity contribution in [3.8, 4) is 5.75 Å². The Morgan fingerprint density at radius 3 is 2.17 bits per heavy atom. The number of phenols is 1. The quantitative estimate of drug-likeness (QED) is 0.740. The number of rotatable bonds is 0. The molecule has 2 unspecified atom stereocenters. The van der Waals surface area contributed by atoms with Crippen molar-refractivity contribution < 1.29 is 5.11 Å². The molecule has 0 spiro atoms. The van der Waals surface area contributed by atoms with Crippen LogP contribution in [0.1, 0.15) is 46.9 Å². The SMILES string of the molecule is Oc1ccc(Cl)c2c1C1CCC2c2ccccc21. The van der Waals surface area contributed by atoms with Gasteiger partial charge >= 0.3 is 0 Å². The summed E-state index contributed by atoms with van der Waals surface area (Å²) >= 11 is 6.36. The molecule has 2 aromatic rings. The van der Waals surface area contributed by atoms with Crippen LogP contribution in [0.15, 0.2) is 36.4 Å². The summed E-state index contributed by atoms with van der Waals surface area (Å²) in [5, 5.41) is 11.0. The molecule has 1 nitrogen and oxygen atoms in total. The molecule has 0 fully saturated rings. The first-order chi connectivity index (χ1) is 8.77. The standard InChI is InChI=1S/C16H13ClO/c17-13-7-8-14(18)16-12-6-5-11(15(13)16)9-3-1-2-4-10(9)12/h1-4,7-8,11-12,18H,5-6H2. The number of aromatic hydroxyl groups is 1. The van der Waals surface area contributed by atoms with E-state index in [0.717, 1.165) is 29.0 Å². The molecule has 0 saturated carbocycles. The molecular weight excluding hydrogens is 244 g/mol. The van der Waals surface area contributed by atoms with E-state index < -0.39 is 0 Å². The highest BCUT2D eigenvalue weighted by molar-refractivity contribution is 6.31. The number of benzene rings is 2. The largest absolute Gasteiger partial charge is 0.508 e. The maximum Gasteiger partial charge on any atom is 0.119 e. The van der Waals surface area contributed by atoms with Crippen molar-refractivity contribution >= 4 is 11.6 Å². The Bertz CT molecular complexity index is 592. The minimum absolute atomic E-state index is 0.319. The number of phenolic OH excluding ortho intramolecular Hbond substituents is 1. The third kappa shape index (κ3) is 1.18. The maximum absolute atomic E-state index is 10.2. The van der Waals surface area contributed by atoms with Crippen LogP contribution in [0.2, 0.25) is 5.02 Å². The van der Waals surface area contributed by atoms with Crippen LogP contribution in [-0.4, -0.2) is 5.11 Å². The van der Waals surface area contributed by atoms with Crippen molar-refractivity contribution in [1.29, 1.82) is 0 Å². The van der Waals surface area contributed by atoms with E-state index in [-0.39, 0.29) is 0 Å². The van der Waals surface area contributed by atoms with E-state index in [1.807, 2.05) is 6.07 Å². The van der Waals surface area contributed by atoms with E-state index in [1.54, 1.807) is 6.07 Å². The van der Waals surface area contributed by atoms with E-state index in [9.17, 15) is 5.11 Å². The lowest BCUT2D eigenvalue weighted by molar-refractivity contribution is 0.440. The van der Waals surface area contributed by atoms with Crippen LogP contribution in [0.25, 0.3) is 0 Å². The molecule has 90 valence electrons. The normalized spacial score (nSPS) is 23.6. The molecule has 2 heteroatoms. The number of hydrogen-bond acceptors (Lipinski definition) is 1. The monoisotopic (exact) mass is 256 g/mol. The van der Waals surface area contributed by atoms with Crippen molar-refractivity contribution in [3.63, 3.8) is 0 Å². The zero-order valence-corrected chi connectivity index (χ0v) is 10.6. The molecule has 0 heterocycles. The minimum Gasteiger partial charge on any atom is -0.508 e. The van der Waals surface area contributed by atoms with Crippen LogP contribution in [0, 0.1) is 0 Å². The molecule has 1 N–H and O–H groups in total. The molecule has 0 aliphatic heterocycles. The second-order valence-corrected chi connectivity index (χ2v) is 5.61. The van der Waals surface area contributed by atoms with Gasteiger partial charge in [-0.15, -0.1) is 0 Å². The number of fused-ring (bicyclic) bond motifs is 1. The Morgan fingerprint density at radius 2 is 1.50 bits per heavy atom. The summed E-state index contributed by atoms with van der Waals surface area (Å²) in [6.07, 6.45) is 2.25. The summed E-state index contributed by atoms with van der Waals surface area (Å²) in [6.45, 7) is 0. The molecule has 0 amide bonds. The number of hydrogen-bond donors (Lipinski definition) is 1. The van der Waals surface area contributed by atoms with E-state index >= 15 is 0 Å². The van der Waals surface area contributed by atoms with Gasteiger partial charge in [-0.05, 0) is 41.7 Å². The lowest BCUT2D eigenvalue weighted by Gasteiger charge is -2.41. The van der Waals surface area contributed by atoms with Gasteiger partial charge in [-0.2, -0.15) is 0 Å². The van der Waals surface area contributed by atoms with E-state index in [2.05, 4.69) is 24.3 Å². The second kappa shape index (κ2) is 3.52. The lowest BCUT2D eigenvalue weighted by Crippen LogP contribution is -2.25. The molecule has 0 radical (unpaired) electrons. The number of halogens is 1. The topological polar surface area (TPSA) is 20.2 Å². The highest BCUT2D eigenvalue weighted by Gasteiger charge is 2.39. The molecule has 2 atom stereocenters. The van der Waals surface area contributed by atoms with Gasteiger partial charge in [0, 0.05) is 22.4 Å². The molecule has 0 saturated heterocycles. The second-order valence-electron chi connectivity index (χ2n) is 5.21. The average molecular weight is 257 g/mol. The Kier molecular flexibility index (Phi) is 2.04. The van der Waals surface area contributed by atoms with E-state index in [1.165, 1.54) is 11.1 Å². The summed E-state index contributed by atoms with van der Waals surface area (Å²) in [5.74, 6) is 1.08. The van der Waals surface area contributed by atoms with Crippen molar-refractivity contribution in [2.75, 3.05) is 0 Å². The molecular formula is C16H13ClO. The zero-order valence-electron chi connectivity index (χ0n) is 9.86. The van der Waals surface area contributed by atoms with Gasteiger partial charge in [-0.3, -0.25) is 0 Å². The fraction of sp³-hybridized carbons (Fsp3) is 0.250. The summed E-state index contributed by atoms with van der Waals surface area (Å²) in [7, 11) is 0. The van der Waals surface area contributed by atoms with Crippen LogP contribution in [0.4, 0.5) is 0 Å². The van der Waals surface area contributed by atoms with Gasteiger partial charge in [-0.1, -0.05) is 35.9 Å². The van der Waals surface area contributed by atoms with Gasteiger partial charge in [0.15, 0.2) is 0 Å². The molecule has 3 aliphatic rings. The first-order valence-electron chi connectivity index (χ1n) is 6.37. The molecule has 0 aromatic heterocycles. The highest BCUT2D eigenvalue weighted by Crippen LogP contribution is 2.56. The molecule has 2 bridgehead atoms. The fourth-order valence-electron chi connectivity index (χ4n) is 3.71. The summed E-state index contributed by atoms with van der Waals surface area (Å²) in [6, 6.07) is 12.1. The smallest absolute Gasteiger partial charge is 0.119 e. The minimum atomic E-state index is 0.319. The zero-order chi connectivity index (χ0) is 12.3. The van der Waals surface area contributed by atoms with Gasteiger partial charge in [0.1, 0.15) is 5.75 Å². The highest BCUT2D eigenvalue weighted by atomic mass is 35.5. The molecule has 3 aliphatic carbocycles.